The summed E-state index contributed by atoms with van der Waals surface area (Å²) in [6.45, 7) is 8.76. The number of aliphatic hydroxyl groups excluding tert-OH is 1. The first-order valence-electron chi connectivity index (χ1n) is 16.2. The van der Waals surface area contributed by atoms with Crippen LogP contribution in [0.3, 0.4) is 0 Å². The maximum atomic E-state index is 11.8. The molecule has 282 valence electrons. The number of ketones is 2. The number of hydrogen-bond donors (Lipinski definition) is 4. The van der Waals surface area contributed by atoms with E-state index in [1.54, 1.807) is 37.6 Å². The van der Waals surface area contributed by atoms with E-state index >= 15 is 0 Å². The first-order chi connectivity index (χ1) is 25.4. The second kappa shape index (κ2) is 24.7. The number of ether oxygens (including phenoxy) is 2. The van der Waals surface area contributed by atoms with Gasteiger partial charge in [0.2, 0.25) is 5.78 Å². The van der Waals surface area contributed by atoms with Crippen LogP contribution < -0.4 is 11.3 Å². The van der Waals surface area contributed by atoms with E-state index in [0.717, 1.165) is 29.9 Å². The summed E-state index contributed by atoms with van der Waals surface area (Å²) in [7, 11) is 1.00. The topological polar surface area (TPSA) is 218 Å². The number of nitrogens with two attached hydrogens (primary N) is 1. The molecule has 3 aromatic carbocycles. The molecule has 2 heterocycles. The minimum absolute atomic E-state index is 0.155. The van der Waals surface area contributed by atoms with E-state index in [2.05, 4.69) is 20.4 Å². The Labute approximate surface area is 307 Å². The van der Waals surface area contributed by atoms with Gasteiger partial charge in [-0.3, -0.25) is 15.4 Å². The van der Waals surface area contributed by atoms with Crippen molar-refractivity contribution in [1.82, 2.24) is 19.6 Å². The van der Waals surface area contributed by atoms with Gasteiger partial charge in [-0.1, -0.05) is 54.6 Å². The zero-order valence-electron chi connectivity index (χ0n) is 30.6. The number of hydrogen-bond acceptors (Lipinski definition) is 12. The molecule has 53 heavy (non-hydrogen) atoms. The number of carbonyl (C=O) groups is 5. The SMILES string of the molecule is CCOC(=O)C(=O)CC(C)=O.CCOC(=O)c1cc(C)nn1-c1ccccc1.CO.Cc1cc(C(=O)O)n(-c2ccccc2)n1.NNc1ccccc1. The average Bonchev–Trinajstić information content (AvgIpc) is 3.77. The van der Waals surface area contributed by atoms with Gasteiger partial charge in [0.25, 0.3) is 0 Å². The van der Waals surface area contributed by atoms with Crippen molar-refractivity contribution < 1.29 is 43.7 Å². The molecule has 0 spiro atoms. The molecule has 0 atom stereocenters. The average molecular weight is 731 g/mol. The third kappa shape index (κ3) is 16.0. The van der Waals surface area contributed by atoms with Crippen molar-refractivity contribution >= 4 is 35.2 Å². The van der Waals surface area contributed by atoms with Crippen LogP contribution in [0.1, 0.15) is 59.6 Å². The fourth-order valence-electron chi connectivity index (χ4n) is 4.08. The number of aromatic nitrogens is 4. The predicted octanol–water partition coefficient (Wildman–Crippen LogP) is 4.91. The van der Waals surface area contributed by atoms with Gasteiger partial charge in [-0.05, 0) is 83.1 Å². The standard InChI is InChI=1S/C13H14N2O2.C11H10N2O2.C7H10O4.C6H8N2.CH4O/c1-3-17-13(16)12-9-10(2)14-15(12)11-7-5-4-6-8-11;1-8-7-10(11(14)15)13(12-8)9-5-3-2-4-6-9;1-3-11-7(10)6(9)4-5(2)8;7-8-6-4-2-1-3-5-6;1-2/h4-9H,3H2,1-2H3;2-7H,1H3,(H,14,15);3-4H2,1-2H3;1-5,8H,7H2;2H,1H3. The van der Waals surface area contributed by atoms with E-state index < -0.39 is 17.7 Å². The summed E-state index contributed by atoms with van der Waals surface area (Å²) in [4.78, 5) is 54.3. The van der Waals surface area contributed by atoms with Gasteiger partial charge in [-0.15, -0.1) is 0 Å². The van der Waals surface area contributed by atoms with Gasteiger partial charge < -0.3 is 25.1 Å². The van der Waals surface area contributed by atoms with Crippen LogP contribution in [0.5, 0.6) is 0 Å². The van der Waals surface area contributed by atoms with Gasteiger partial charge in [0.15, 0.2) is 11.4 Å². The van der Waals surface area contributed by atoms with Crippen LogP contribution in [0.15, 0.2) is 103 Å². The summed E-state index contributed by atoms with van der Waals surface area (Å²) < 4.78 is 12.4. The minimum atomic E-state index is -0.973. The summed E-state index contributed by atoms with van der Waals surface area (Å²) in [5.41, 5.74) is 7.18. The molecule has 0 amide bonds. The highest BCUT2D eigenvalue weighted by atomic mass is 16.5. The van der Waals surface area contributed by atoms with Gasteiger partial charge in [-0.2, -0.15) is 10.2 Å². The van der Waals surface area contributed by atoms with Gasteiger partial charge >= 0.3 is 17.9 Å². The highest BCUT2D eigenvalue weighted by Crippen LogP contribution is 2.14. The molecule has 0 aliphatic heterocycles. The number of carboxylic acid groups (broad SMARTS) is 1. The Morgan fingerprint density at radius 1 is 0.698 bits per heavy atom. The van der Waals surface area contributed by atoms with Gasteiger partial charge in [0, 0.05) is 12.8 Å². The van der Waals surface area contributed by atoms with Crippen molar-refractivity contribution in [1.29, 1.82) is 0 Å². The number of Topliss-reactive ketones (excluding diaryl/α,β-unsaturated/α-hetero) is 2. The van der Waals surface area contributed by atoms with E-state index in [-0.39, 0.29) is 30.5 Å². The number of para-hydroxylation sites is 3. The number of esters is 2. The Balaban J connectivity index is 0.000000359. The van der Waals surface area contributed by atoms with Crippen molar-refractivity contribution in [3.63, 3.8) is 0 Å². The molecule has 0 unspecified atom stereocenters. The second-order valence-electron chi connectivity index (χ2n) is 10.4. The number of aromatic carboxylic acids is 1. The Hall–Kier alpha value is -6.45. The highest BCUT2D eigenvalue weighted by molar-refractivity contribution is 6.36. The number of aliphatic hydroxyl groups is 1. The Bertz CT molecular complexity index is 1860. The molecule has 5 rings (SSSR count). The summed E-state index contributed by atoms with van der Waals surface area (Å²) >= 11 is 0. The number of anilines is 1. The lowest BCUT2D eigenvalue weighted by Gasteiger charge is -2.06. The molecule has 0 bridgehead atoms. The molecule has 0 saturated heterocycles. The van der Waals surface area contributed by atoms with Crippen LogP contribution in [-0.4, -0.2) is 79.6 Å². The third-order valence-electron chi connectivity index (χ3n) is 6.22. The van der Waals surface area contributed by atoms with Crippen molar-refractivity contribution in [3.8, 4) is 11.4 Å². The number of carboxylic acids is 1. The maximum Gasteiger partial charge on any atom is 0.375 e. The van der Waals surface area contributed by atoms with E-state index in [1.165, 1.54) is 11.6 Å². The monoisotopic (exact) mass is 730 g/mol. The Morgan fingerprint density at radius 3 is 1.49 bits per heavy atom. The number of carbonyl (C=O) groups excluding carboxylic acids is 4. The number of nitrogens with zero attached hydrogens (tertiary/aromatic N) is 4. The number of rotatable bonds is 10. The number of hydrazine groups is 1. The van der Waals surface area contributed by atoms with Crippen LogP contribution in [0, 0.1) is 13.8 Å². The highest BCUT2D eigenvalue weighted by Gasteiger charge is 2.17. The predicted molar refractivity (Wildman–Crippen MR) is 199 cm³/mol. The Kier molecular flexibility index (Phi) is 20.7. The number of benzene rings is 3. The molecule has 0 radical (unpaired) electrons. The number of aryl methyl sites for hydroxylation is 2. The van der Waals surface area contributed by atoms with Crippen LogP contribution in [-0.2, 0) is 23.9 Å². The molecule has 0 fully saturated rings. The Morgan fingerprint density at radius 2 is 1.11 bits per heavy atom. The first-order valence-corrected chi connectivity index (χ1v) is 16.2. The maximum absolute atomic E-state index is 11.8. The first kappa shape index (κ1) is 44.6. The van der Waals surface area contributed by atoms with E-state index in [1.807, 2.05) is 97.9 Å². The van der Waals surface area contributed by atoms with Crippen LogP contribution >= 0.6 is 0 Å². The smallest absolute Gasteiger partial charge is 0.375 e. The zero-order chi connectivity index (χ0) is 39.8. The van der Waals surface area contributed by atoms with Crippen molar-refractivity contribution in [2.45, 2.75) is 41.0 Å². The lowest BCUT2D eigenvalue weighted by Crippen LogP contribution is -2.19. The molecule has 5 N–H and O–H groups in total. The van der Waals surface area contributed by atoms with E-state index in [0.29, 0.717) is 18.0 Å². The van der Waals surface area contributed by atoms with Gasteiger partial charge in [0.1, 0.15) is 5.78 Å². The van der Waals surface area contributed by atoms with Crippen molar-refractivity contribution in [3.05, 3.63) is 126 Å². The molecule has 15 nitrogen and oxygen atoms in total. The fraction of sp³-hybridized carbons (Fsp3) is 0.237. The largest absolute Gasteiger partial charge is 0.477 e. The van der Waals surface area contributed by atoms with Crippen LogP contribution in [0.2, 0.25) is 0 Å². The molecular formula is C38H46N6O9. The summed E-state index contributed by atoms with van der Waals surface area (Å²) in [5, 5.41) is 24.4. The van der Waals surface area contributed by atoms with Gasteiger partial charge in [-0.25, -0.2) is 23.7 Å². The quantitative estimate of drug-likeness (QED) is 0.0494. The molecular weight excluding hydrogens is 684 g/mol. The summed E-state index contributed by atoms with van der Waals surface area (Å²) in [5.74, 6) is 1.74. The lowest BCUT2D eigenvalue weighted by molar-refractivity contribution is -0.154. The fourth-order valence-corrected chi connectivity index (χ4v) is 4.08. The third-order valence-corrected chi connectivity index (χ3v) is 6.22. The number of nitrogen functional groups attached to an aromatic ring is 1. The van der Waals surface area contributed by atoms with Crippen LogP contribution in [0.4, 0.5) is 5.69 Å². The zero-order valence-corrected chi connectivity index (χ0v) is 30.6. The molecule has 5 aromatic rings. The van der Waals surface area contributed by atoms with Crippen LogP contribution in [0.25, 0.3) is 11.4 Å². The lowest BCUT2D eigenvalue weighted by atomic mass is 10.2. The van der Waals surface area contributed by atoms with E-state index in [4.69, 9.17) is 20.8 Å². The molecule has 0 aliphatic carbocycles. The van der Waals surface area contributed by atoms with Crippen molar-refractivity contribution in [2.75, 3.05) is 25.7 Å². The van der Waals surface area contributed by atoms with Gasteiger partial charge in [0.05, 0.1) is 42.4 Å². The molecule has 2 aromatic heterocycles. The summed E-state index contributed by atoms with van der Waals surface area (Å²) in [6, 6.07) is 31.6. The number of nitrogens with one attached hydrogen (secondary N) is 1. The minimum Gasteiger partial charge on any atom is -0.477 e. The normalized spacial score (nSPS) is 9.43. The molecule has 15 heteroatoms. The summed E-state index contributed by atoms with van der Waals surface area (Å²) in [6.07, 6.45) is -0.362. The van der Waals surface area contributed by atoms with Crippen molar-refractivity contribution in [2.24, 2.45) is 5.84 Å². The molecule has 0 saturated carbocycles. The second-order valence-corrected chi connectivity index (χ2v) is 10.4. The van der Waals surface area contributed by atoms with E-state index in [9.17, 15) is 24.0 Å². The molecule has 0 aliphatic rings.